The Kier molecular flexibility index (Phi) is 3.39. The van der Waals surface area contributed by atoms with Crippen LogP contribution in [-0.4, -0.2) is 29.2 Å². The van der Waals surface area contributed by atoms with Gasteiger partial charge in [0, 0.05) is 5.56 Å². The minimum atomic E-state index is -1.15. The molecule has 1 saturated heterocycles. The maximum atomic E-state index is 11.7. The summed E-state index contributed by atoms with van der Waals surface area (Å²) in [6.07, 6.45) is 0. The van der Waals surface area contributed by atoms with Gasteiger partial charge in [0.2, 0.25) is 11.8 Å². The average Bonchev–Trinajstić information content (AvgIpc) is 2.62. The van der Waals surface area contributed by atoms with E-state index in [1.807, 2.05) is 5.32 Å². The molecule has 0 saturated carbocycles. The monoisotopic (exact) mass is 284 g/mol. The average molecular weight is 285 g/mol. The van der Waals surface area contributed by atoms with Gasteiger partial charge in [0.25, 0.3) is 5.69 Å². The zero-order chi connectivity index (χ0) is 14.2. The lowest BCUT2D eigenvalue weighted by Gasteiger charge is -2.11. The van der Waals surface area contributed by atoms with Crippen molar-refractivity contribution in [3.05, 3.63) is 33.9 Å². The fraction of sp³-hybridized carbons (Fsp3) is 0.273. The van der Waals surface area contributed by atoms with Crippen molar-refractivity contribution >= 4 is 29.1 Å². The molecule has 0 spiro atoms. The molecule has 1 aliphatic heterocycles. The van der Waals surface area contributed by atoms with E-state index in [1.165, 1.54) is 25.3 Å². The first-order valence-electron chi connectivity index (χ1n) is 5.26. The molecule has 0 radical (unpaired) electrons. The Morgan fingerprint density at radius 1 is 1.37 bits per heavy atom. The number of amides is 2. The van der Waals surface area contributed by atoms with E-state index in [0.29, 0.717) is 0 Å². The zero-order valence-corrected chi connectivity index (χ0v) is 10.5. The van der Waals surface area contributed by atoms with E-state index in [2.05, 4.69) is 0 Å². The molecule has 2 atom stereocenters. The highest BCUT2D eigenvalue weighted by molar-refractivity contribution is 6.37. The topological polar surface area (TPSA) is 98.5 Å². The first kappa shape index (κ1) is 13.3. The van der Waals surface area contributed by atoms with Gasteiger partial charge < -0.3 is 4.74 Å². The molecule has 19 heavy (non-hydrogen) atoms. The fourth-order valence-corrected chi connectivity index (χ4v) is 2.23. The quantitative estimate of drug-likeness (QED) is 0.386. The number of hydrogen-bond donors (Lipinski definition) is 1. The van der Waals surface area contributed by atoms with Crippen LogP contribution in [0.2, 0.25) is 0 Å². The van der Waals surface area contributed by atoms with Gasteiger partial charge in [0.15, 0.2) is 0 Å². The van der Waals surface area contributed by atoms with E-state index >= 15 is 0 Å². The van der Waals surface area contributed by atoms with Gasteiger partial charge in [0.1, 0.15) is 11.1 Å². The Bertz CT molecular complexity index is 574. The SMILES string of the molecule is COc1ccc(C2C(=O)NC(=O)C2Cl)c([N+](=O)[O-])c1. The molecule has 2 amide bonds. The smallest absolute Gasteiger partial charge is 0.277 e. The summed E-state index contributed by atoms with van der Waals surface area (Å²) in [7, 11) is 1.37. The van der Waals surface area contributed by atoms with Crippen LogP contribution < -0.4 is 10.1 Å². The van der Waals surface area contributed by atoms with Crippen LogP contribution in [0.15, 0.2) is 18.2 Å². The molecule has 7 nitrogen and oxygen atoms in total. The number of nitro benzene ring substituents is 1. The highest BCUT2D eigenvalue weighted by Crippen LogP contribution is 2.36. The molecule has 0 aromatic heterocycles. The second kappa shape index (κ2) is 4.85. The Hall–Kier alpha value is -2.15. The molecule has 2 rings (SSSR count). The van der Waals surface area contributed by atoms with Crippen LogP contribution in [0.4, 0.5) is 5.69 Å². The number of carbonyl (C=O) groups is 2. The van der Waals surface area contributed by atoms with Crippen LogP contribution in [0.25, 0.3) is 0 Å². The third kappa shape index (κ3) is 2.24. The summed E-state index contributed by atoms with van der Waals surface area (Å²) in [6, 6.07) is 4.03. The molecule has 1 aromatic rings. The lowest BCUT2D eigenvalue weighted by atomic mass is 9.95. The minimum Gasteiger partial charge on any atom is -0.497 e. The number of hydrogen-bond acceptors (Lipinski definition) is 5. The second-order valence-electron chi connectivity index (χ2n) is 3.91. The van der Waals surface area contributed by atoms with Gasteiger partial charge in [-0.1, -0.05) is 0 Å². The summed E-state index contributed by atoms with van der Waals surface area (Å²) in [5.74, 6) is -2.08. The van der Waals surface area contributed by atoms with Gasteiger partial charge in [0.05, 0.1) is 24.0 Å². The zero-order valence-electron chi connectivity index (χ0n) is 9.75. The van der Waals surface area contributed by atoms with E-state index in [1.54, 1.807) is 0 Å². The summed E-state index contributed by atoms with van der Waals surface area (Å²) in [5, 5.41) is 11.9. The highest BCUT2D eigenvalue weighted by Gasteiger charge is 2.44. The molecular weight excluding hydrogens is 276 g/mol. The summed E-state index contributed by atoms with van der Waals surface area (Å²) >= 11 is 5.82. The summed E-state index contributed by atoms with van der Waals surface area (Å²) in [5.41, 5.74) is -0.214. The number of imide groups is 1. The van der Waals surface area contributed by atoms with Gasteiger partial charge in [-0.25, -0.2) is 0 Å². The van der Waals surface area contributed by atoms with Gasteiger partial charge in [-0.15, -0.1) is 11.6 Å². The molecule has 1 fully saturated rings. The third-order valence-electron chi connectivity index (χ3n) is 2.84. The fourth-order valence-electron chi connectivity index (χ4n) is 1.92. The maximum absolute atomic E-state index is 11.7. The molecule has 0 aliphatic carbocycles. The van der Waals surface area contributed by atoms with Crippen molar-refractivity contribution < 1.29 is 19.2 Å². The number of halogens is 1. The van der Waals surface area contributed by atoms with Crippen molar-refractivity contribution in [1.82, 2.24) is 5.32 Å². The Balaban J connectivity index is 2.53. The van der Waals surface area contributed by atoms with Crippen LogP contribution in [-0.2, 0) is 9.59 Å². The normalized spacial score (nSPS) is 22.2. The Morgan fingerprint density at radius 3 is 2.53 bits per heavy atom. The number of alkyl halides is 1. The van der Waals surface area contributed by atoms with Gasteiger partial charge >= 0.3 is 0 Å². The van der Waals surface area contributed by atoms with Crippen LogP contribution in [0.3, 0.4) is 0 Å². The third-order valence-corrected chi connectivity index (χ3v) is 3.29. The second-order valence-corrected chi connectivity index (χ2v) is 4.38. The number of methoxy groups -OCH3 is 1. The summed E-state index contributed by atoms with van der Waals surface area (Å²) in [6.45, 7) is 0. The van der Waals surface area contributed by atoms with Crippen molar-refractivity contribution in [2.45, 2.75) is 11.3 Å². The van der Waals surface area contributed by atoms with E-state index in [-0.39, 0.29) is 17.0 Å². The van der Waals surface area contributed by atoms with Crippen LogP contribution in [0.1, 0.15) is 11.5 Å². The minimum absolute atomic E-state index is 0.0918. The molecule has 1 heterocycles. The van der Waals surface area contributed by atoms with Crippen LogP contribution >= 0.6 is 11.6 Å². The maximum Gasteiger partial charge on any atom is 0.277 e. The largest absolute Gasteiger partial charge is 0.497 e. The molecule has 1 aromatic carbocycles. The predicted octanol–water partition coefficient (Wildman–Crippen LogP) is 0.951. The first-order valence-corrected chi connectivity index (χ1v) is 5.70. The molecule has 100 valence electrons. The molecule has 0 bridgehead atoms. The van der Waals surface area contributed by atoms with E-state index in [9.17, 15) is 19.7 Å². The number of rotatable bonds is 3. The lowest BCUT2D eigenvalue weighted by Crippen LogP contribution is -2.22. The van der Waals surface area contributed by atoms with Gasteiger partial charge in [-0.3, -0.25) is 25.0 Å². The highest BCUT2D eigenvalue weighted by atomic mass is 35.5. The summed E-state index contributed by atoms with van der Waals surface area (Å²) in [4.78, 5) is 33.4. The predicted molar refractivity (Wildman–Crippen MR) is 65.2 cm³/mol. The number of benzene rings is 1. The van der Waals surface area contributed by atoms with E-state index < -0.39 is 28.0 Å². The summed E-state index contributed by atoms with van der Waals surface area (Å²) < 4.78 is 4.89. The Morgan fingerprint density at radius 2 is 2.05 bits per heavy atom. The number of nitrogens with one attached hydrogen (secondary N) is 1. The van der Waals surface area contributed by atoms with Crippen molar-refractivity contribution in [1.29, 1.82) is 0 Å². The van der Waals surface area contributed by atoms with Crippen molar-refractivity contribution in [2.75, 3.05) is 7.11 Å². The van der Waals surface area contributed by atoms with E-state index in [4.69, 9.17) is 16.3 Å². The van der Waals surface area contributed by atoms with Crippen molar-refractivity contribution in [2.24, 2.45) is 0 Å². The van der Waals surface area contributed by atoms with Gasteiger partial charge in [-0.2, -0.15) is 0 Å². The number of nitrogens with zero attached hydrogens (tertiary/aromatic N) is 1. The lowest BCUT2D eigenvalue weighted by molar-refractivity contribution is -0.385. The molecule has 8 heteroatoms. The molecule has 2 unspecified atom stereocenters. The van der Waals surface area contributed by atoms with Gasteiger partial charge in [-0.05, 0) is 12.1 Å². The molecule has 1 aliphatic rings. The Labute approximate surface area is 112 Å². The molecule has 1 N–H and O–H groups in total. The van der Waals surface area contributed by atoms with Crippen LogP contribution in [0, 0.1) is 10.1 Å². The number of nitro groups is 1. The van der Waals surface area contributed by atoms with E-state index in [0.717, 1.165) is 0 Å². The van der Waals surface area contributed by atoms with Crippen molar-refractivity contribution in [3.63, 3.8) is 0 Å². The number of carbonyl (C=O) groups excluding carboxylic acids is 2. The first-order chi connectivity index (χ1) is 8.95. The number of ether oxygens (including phenoxy) is 1. The molecular formula is C11H9ClN2O5. The van der Waals surface area contributed by atoms with Crippen molar-refractivity contribution in [3.8, 4) is 5.75 Å². The van der Waals surface area contributed by atoms with Crippen LogP contribution in [0.5, 0.6) is 5.75 Å². The standard InChI is InChI=1S/C11H9ClN2O5/c1-19-5-2-3-6(7(4-5)14(17)18)8-9(12)11(16)13-10(8)15/h2-4,8-9H,1H3,(H,13,15,16).